The predicted molar refractivity (Wildman–Crippen MR) is 65.1 cm³/mol. The summed E-state index contributed by atoms with van der Waals surface area (Å²) < 4.78 is 29.5. The van der Waals surface area contributed by atoms with Crippen molar-refractivity contribution < 1.29 is 28.2 Å². The SMILES string of the molecule is CC(C)CCOC(C)C(=O)NC(CC(F)F)C(=O)O. The Bertz CT molecular complexity index is 297. The fourth-order valence-electron chi connectivity index (χ4n) is 1.24. The van der Waals surface area contributed by atoms with E-state index < -0.39 is 36.9 Å². The number of ether oxygens (including phenoxy) is 1. The molecule has 1 amide bonds. The van der Waals surface area contributed by atoms with Crippen molar-refractivity contribution in [2.75, 3.05) is 6.61 Å². The first-order valence-electron chi connectivity index (χ1n) is 6.17. The normalized spacial score (nSPS) is 14.5. The van der Waals surface area contributed by atoms with Gasteiger partial charge in [0.1, 0.15) is 12.1 Å². The van der Waals surface area contributed by atoms with E-state index in [-0.39, 0.29) is 0 Å². The van der Waals surface area contributed by atoms with Crippen LogP contribution in [0.1, 0.15) is 33.6 Å². The molecule has 0 heterocycles. The highest BCUT2D eigenvalue weighted by molar-refractivity contribution is 5.86. The van der Waals surface area contributed by atoms with Gasteiger partial charge in [0.15, 0.2) is 0 Å². The minimum absolute atomic E-state index is 0.360. The molecule has 19 heavy (non-hydrogen) atoms. The molecule has 2 N–H and O–H groups in total. The highest BCUT2D eigenvalue weighted by atomic mass is 19.3. The summed E-state index contributed by atoms with van der Waals surface area (Å²) in [6.45, 7) is 5.81. The molecular formula is C12H21F2NO4. The quantitative estimate of drug-likeness (QED) is 0.674. The molecule has 0 bridgehead atoms. The van der Waals surface area contributed by atoms with E-state index in [0.717, 1.165) is 6.42 Å². The Kier molecular flexibility index (Phi) is 8.22. The second-order valence-corrected chi connectivity index (χ2v) is 4.72. The first-order valence-corrected chi connectivity index (χ1v) is 6.17. The number of carboxylic acids is 1. The molecule has 0 saturated heterocycles. The van der Waals surface area contributed by atoms with Crippen LogP contribution < -0.4 is 5.32 Å². The van der Waals surface area contributed by atoms with Gasteiger partial charge >= 0.3 is 5.97 Å². The van der Waals surface area contributed by atoms with Crippen molar-refractivity contribution in [3.8, 4) is 0 Å². The summed E-state index contributed by atoms with van der Waals surface area (Å²) in [7, 11) is 0. The zero-order chi connectivity index (χ0) is 15.0. The number of carbonyl (C=O) groups is 2. The van der Waals surface area contributed by atoms with E-state index in [0.29, 0.717) is 12.5 Å². The molecule has 0 fully saturated rings. The lowest BCUT2D eigenvalue weighted by Crippen LogP contribution is -2.46. The highest BCUT2D eigenvalue weighted by Gasteiger charge is 2.26. The molecule has 0 aliphatic rings. The van der Waals surface area contributed by atoms with Gasteiger partial charge in [-0.25, -0.2) is 13.6 Å². The lowest BCUT2D eigenvalue weighted by Gasteiger charge is -2.18. The molecule has 0 radical (unpaired) electrons. The molecule has 0 saturated carbocycles. The minimum atomic E-state index is -2.79. The molecule has 0 spiro atoms. The van der Waals surface area contributed by atoms with E-state index >= 15 is 0 Å². The van der Waals surface area contributed by atoms with Crippen LogP contribution in [-0.4, -0.2) is 42.2 Å². The fraction of sp³-hybridized carbons (Fsp3) is 0.833. The van der Waals surface area contributed by atoms with Gasteiger partial charge in [0, 0.05) is 13.0 Å². The molecule has 0 aliphatic carbocycles. The van der Waals surface area contributed by atoms with Gasteiger partial charge in [0.25, 0.3) is 0 Å². The van der Waals surface area contributed by atoms with Crippen molar-refractivity contribution in [1.82, 2.24) is 5.32 Å². The first kappa shape index (κ1) is 17.8. The number of halogens is 2. The van der Waals surface area contributed by atoms with Crippen LogP contribution in [0, 0.1) is 5.92 Å². The highest BCUT2D eigenvalue weighted by Crippen LogP contribution is 2.06. The number of carboxylic acid groups (broad SMARTS) is 1. The molecule has 0 aromatic carbocycles. The molecular weight excluding hydrogens is 260 g/mol. The average molecular weight is 281 g/mol. The van der Waals surface area contributed by atoms with E-state index in [2.05, 4.69) is 0 Å². The van der Waals surface area contributed by atoms with E-state index in [1.165, 1.54) is 6.92 Å². The minimum Gasteiger partial charge on any atom is -0.480 e. The number of aliphatic carboxylic acids is 1. The lowest BCUT2D eigenvalue weighted by molar-refractivity contribution is -0.145. The van der Waals surface area contributed by atoms with E-state index in [9.17, 15) is 18.4 Å². The van der Waals surface area contributed by atoms with Crippen molar-refractivity contribution >= 4 is 11.9 Å². The predicted octanol–water partition coefficient (Wildman–Crippen LogP) is 1.66. The van der Waals surface area contributed by atoms with E-state index in [1.54, 1.807) is 0 Å². The Morgan fingerprint density at radius 3 is 2.26 bits per heavy atom. The van der Waals surface area contributed by atoms with Crippen molar-refractivity contribution in [1.29, 1.82) is 0 Å². The van der Waals surface area contributed by atoms with Crippen LogP contribution in [0.25, 0.3) is 0 Å². The maximum absolute atomic E-state index is 12.1. The Balaban J connectivity index is 4.20. The van der Waals surface area contributed by atoms with Gasteiger partial charge in [0.2, 0.25) is 12.3 Å². The van der Waals surface area contributed by atoms with Crippen LogP contribution in [0.2, 0.25) is 0 Å². The summed E-state index contributed by atoms with van der Waals surface area (Å²) >= 11 is 0. The Labute approximate surface area is 111 Å². The van der Waals surface area contributed by atoms with Crippen LogP contribution >= 0.6 is 0 Å². The molecule has 0 rings (SSSR count). The summed E-state index contributed by atoms with van der Waals surface area (Å²) in [5.74, 6) is -1.76. The van der Waals surface area contributed by atoms with Crippen LogP contribution in [0.3, 0.4) is 0 Å². The summed E-state index contributed by atoms with van der Waals surface area (Å²) in [6.07, 6.45) is -3.81. The second-order valence-electron chi connectivity index (χ2n) is 4.72. The molecule has 7 heteroatoms. The zero-order valence-electron chi connectivity index (χ0n) is 11.4. The van der Waals surface area contributed by atoms with Crippen molar-refractivity contribution in [2.24, 2.45) is 5.92 Å². The Morgan fingerprint density at radius 1 is 1.26 bits per heavy atom. The van der Waals surface area contributed by atoms with Crippen LogP contribution in [0.15, 0.2) is 0 Å². The Morgan fingerprint density at radius 2 is 1.84 bits per heavy atom. The summed E-state index contributed by atoms with van der Waals surface area (Å²) in [5.41, 5.74) is 0. The van der Waals surface area contributed by atoms with Gasteiger partial charge in [-0.3, -0.25) is 4.79 Å². The van der Waals surface area contributed by atoms with Crippen molar-refractivity contribution in [2.45, 2.75) is 52.2 Å². The summed E-state index contributed by atoms with van der Waals surface area (Å²) in [6, 6.07) is -1.59. The number of hydrogen-bond donors (Lipinski definition) is 2. The van der Waals surface area contributed by atoms with E-state index in [1.807, 2.05) is 19.2 Å². The smallest absolute Gasteiger partial charge is 0.326 e. The molecule has 0 aromatic heterocycles. The van der Waals surface area contributed by atoms with Crippen LogP contribution in [0.4, 0.5) is 8.78 Å². The molecule has 112 valence electrons. The van der Waals surface area contributed by atoms with Gasteiger partial charge in [-0.2, -0.15) is 0 Å². The second kappa shape index (κ2) is 8.79. The maximum Gasteiger partial charge on any atom is 0.326 e. The Hall–Kier alpha value is -1.24. The first-order chi connectivity index (χ1) is 8.73. The number of nitrogens with one attached hydrogen (secondary N) is 1. The number of hydrogen-bond acceptors (Lipinski definition) is 3. The molecule has 2 unspecified atom stereocenters. The lowest BCUT2D eigenvalue weighted by atomic mass is 10.1. The average Bonchev–Trinajstić information content (AvgIpc) is 2.26. The van der Waals surface area contributed by atoms with E-state index in [4.69, 9.17) is 9.84 Å². The summed E-state index contributed by atoms with van der Waals surface area (Å²) in [4.78, 5) is 22.3. The molecule has 0 aliphatic heterocycles. The number of rotatable bonds is 9. The molecule has 0 aromatic rings. The maximum atomic E-state index is 12.1. The third-order valence-electron chi connectivity index (χ3n) is 2.46. The topological polar surface area (TPSA) is 75.6 Å². The van der Waals surface area contributed by atoms with Crippen molar-refractivity contribution in [3.05, 3.63) is 0 Å². The monoisotopic (exact) mass is 281 g/mol. The third kappa shape index (κ3) is 8.47. The molecule has 2 atom stereocenters. The van der Waals surface area contributed by atoms with Crippen molar-refractivity contribution in [3.63, 3.8) is 0 Å². The summed E-state index contributed by atoms with van der Waals surface area (Å²) in [5, 5.41) is 10.8. The molecule has 5 nitrogen and oxygen atoms in total. The van der Waals surface area contributed by atoms with Gasteiger partial charge in [-0.15, -0.1) is 0 Å². The van der Waals surface area contributed by atoms with Gasteiger partial charge in [0.05, 0.1) is 0 Å². The van der Waals surface area contributed by atoms with Gasteiger partial charge in [-0.1, -0.05) is 13.8 Å². The number of carbonyl (C=O) groups excluding carboxylic acids is 1. The number of amides is 1. The van der Waals surface area contributed by atoms with Gasteiger partial charge < -0.3 is 15.2 Å². The van der Waals surface area contributed by atoms with Crippen LogP contribution in [-0.2, 0) is 14.3 Å². The van der Waals surface area contributed by atoms with Gasteiger partial charge in [-0.05, 0) is 19.3 Å². The zero-order valence-corrected chi connectivity index (χ0v) is 11.4. The standard InChI is InChI=1S/C12H21F2NO4/c1-7(2)4-5-19-8(3)11(16)15-9(12(17)18)6-10(13)14/h7-10H,4-6H2,1-3H3,(H,15,16)(H,17,18). The number of alkyl halides is 2. The fourth-order valence-corrected chi connectivity index (χ4v) is 1.24. The third-order valence-corrected chi connectivity index (χ3v) is 2.46. The largest absolute Gasteiger partial charge is 0.480 e. The van der Waals surface area contributed by atoms with Crippen LogP contribution in [0.5, 0.6) is 0 Å².